The highest BCUT2D eigenvalue weighted by Crippen LogP contribution is 2.12. The third kappa shape index (κ3) is 6.46. The van der Waals surface area contributed by atoms with E-state index in [1.54, 1.807) is 41.2 Å². The molecule has 0 unspecified atom stereocenters. The predicted molar refractivity (Wildman–Crippen MR) is 103 cm³/mol. The SMILES string of the molecule is O=C(OCCN(CCCl)CCCl)c1ccc[n+](-c2ccc([N+](=O)[O-])cc2)c1. The Morgan fingerprint density at radius 2 is 1.78 bits per heavy atom. The van der Waals surface area contributed by atoms with E-state index < -0.39 is 10.9 Å². The zero-order chi connectivity index (χ0) is 19.6. The Morgan fingerprint density at radius 3 is 2.37 bits per heavy atom. The summed E-state index contributed by atoms with van der Waals surface area (Å²) in [6, 6.07) is 9.42. The third-order valence-corrected chi connectivity index (χ3v) is 4.18. The van der Waals surface area contributed by atoms with E-state index in [0.29, 0.717) is 42.6 Å². The first-order chi connectivity index (χ1) is 13.0. The van der Waals surface area contributed by atoms with Crippen LogP contribution in [-0.4, -0.2) is 53.8 Å². The lowest BCUT2D eigenvalue weighted by atomic mass is 10.2. The van der Waals surface area contributed by atoms with Crippen LogP contribution in [0.4, 0.5) is 5.69 Å². The molecule has 1 aromatic heterocycles. The Labute approximate surface area is 167 Å². The van der Waals surface area contributed by atoms with Crippen LogP contribution in [0.15, 0.2) is 48.8 Å². The second-order valence-electron chi connectivity index (χ2n) is 5.63. The maximum atomic E-state index is 12.3. The van der Waals surface area contributed by atoms with Gasteiger partial charge in [0.1, 0.15) is 12.2 Å². The lowest BCUT2D eigenvalue weighted by Crippen LogP contribution is -2.33. The van der Waals surface area contributed by atoms with Crippen molar-refractivity contribution in [1.82, 2.24) is 4.90 Å². The molecule has 0 aliphatic heterocycles. The highest BCUT2D eigenvalue weighted by Gasteiger charge is 2.15. The van der Waals surface area contributed by atoms with Crippen LogP contribution in [0.25, 0.3) is 5.69 Å². The van der Waals surface area contributed by atoms with Crippen LogP contribution in [0, 0.1) is 10.1 Å². The number of carbonyl (C=O) groups is 1. The average molecular weight is 413 g/mol. The molecule has 2 aromatic rings. The fourth-order valence-corrected chi connectivity index (χ4v) is 2.91. The fraction of sp³-hybridized carbons (Fsp3) is 0.333. The number of non-ortho nitro benzene ring substituents is 1. The summed E-state index contributed by atoms with van der Waals surface area (Å²) in [5, 5.41) is 10.7. The molecule has 2 rings (SSSR count). The molecule has 0 fully saturated rings. The smallest absolute Gasteiger partial charge is 0.344 e. The largest absolute Gasteiger partial charge is 0.461 e. The Kier molecular flexibility index (Phi) is 8.44. The molecule has 27 heavy (non-hydrogen) atoms. The number of hydrogen-bond donors (Lipinski definition) is 0. The number of rotatable bonds is 10. The summed E-state index contributed by atoms with van der Waals surface area (Å²) in [4.78, 5) is 24.6. The summed E-state index contributed by atoms with van der Waals surface area (Å²) in [6.07, 6.45) is 3.37. The number of nitro groups is 1. The van der Waals surface area contributed by atoms with Crippen molar-refractivity contribution in [1.29, 1.82) is 0 Å². The van der Waals surface area contributed by atoms with Crippen molar-refractivity contribution < 1.29 is 19.0 Å². The zero-order valence-electron chi connectivity index (χ0n) is 14.6. The average Bonchev–Trinajstić information content (AvgIpc) is 2.68. The molecule has 0 bridgehead atoms. The van der Waals surface area contributed by atoms with Gasteiger partial charge in [0, 0.05) is 61.7 Å². The van der Waals surface area contributed by atoms with Crippen LogP contribution in [0.2, 0.25) is 0 Å². The standard InChI is InChI=1S/C18H20Cl2N3O4/c19-7-10-21(11-8-20)12-13-27-18(24)15-2-1-9-22(14-15)16-3-5-17(6-4-16)23(25)26/h1-6,9,14H,7-8,10-13H2/q+1. The van der Waals surface area contributed by atoms with E-state index in [0.717, 1.165) is 0 Å². The summed E-state index contributed by atoms with van der Waals surface area (Å²) >= 11 is 11.5. The van der Waals surface area contributed by atoms with Gasteiger partial charge in [-0.25, -0.2) is 4.79 Å². The van der Waals surface area contributed by atoms with Gasteiger partial charge in [0.05, 0.1) is 4.92 Å². The monoisotopic (exact) mass is 412 g/mol. The van der Waals surface area contributed by atoms with Gasteiger partial charge in [-0.3, -0.25) is 15.0 Å². The van der Waals surface area contributed by atoms with Crippen molar-refractivity contribution in [2.24, 2.45) is 0 Å². The number of nitro benzene ring substituents is 1. The third-order valence-electron chi connectivity index (χ3n) is 3.84. The number of esters is 1. The summed E-state index contributed by atoms with van der Waals surface area (Å²) in [6.45, 7) is 2.15. The second-order valence-corrected chi connectivity index (χ2v) is 6.38. The van der Waals surface area contributed by atoms with Crippen LogP contribution >= 0.6 is 23.2 Å². The Morgan fingerprint density at radius 1 is 1.11 bits per heavy atom. The fourth-order valence-electron chi connectivity index (χ4n) is 2.43. The summed E-state index contributed by atoms with van der Waals surface area (Å²) < 4.78 is 7.03. The molecule has 9 heteroatoms. The second kappa shape index (κ2) is 10.8. The Balaban J connectivity index is 1.99. The van der Waals surface area contributed by atoms with Crippen LogP contribution in [0.1, 0.15) is 10.4 Å². The highest BCUT2D eigenvalue weighted by molar-refractivity contribution is 6.18. The zero-order valence-corrected chi connectivity index (χ0v) is 16.1. The number of nitrogens with zero attached hydrogens (tertiary/aromatic N) is 3. The highest BCUT2D eigenvalue weighted by atomic mass is 35.5. The lowest BCUT2D eigenvalue weighted by Gasteiger charge is -2.19. The molecule has 0 radical (unpaired) electrons. The quantitative estimate of drug-likeness (QED) is 0.197. The van der Waals surface area contributed by atoms with E-state index in [1.165, 1.54) is 12.1 Å². The molecule has 144 valence electrons. The van der Waals surface area contributed by atoms with Gasteiger partial charge in [-0.05, 0) is 6.07 Å². The van der Waals surface area contributed by atoms with E-state index >= 15 is 0 Å². The number of ether oxygens (including phenoxy) is 1. The first-order valence-corrected chi connectivity index (χ1v) is 9.39. The molecule has 0 N–H and O–H groups in total. The molecule has 0 spiro atoms. The predicted octanol–water partition coefficient (Wildman–Crippen LogP) is 2.81. The van der Waals surface area contributed by atoms with Crippen molar-refractivity contribution >= 4 is 34.9 Å². The van der Waals surface area contributed by atoms with Crippen molar-refractivity contribution in [2.75, 3.05) is 38.0 Å². The molecular formula is C18H20Cl2N3O4+. The molecule has 0 saturated carbocycles. The Hall–Kier alpha value is -2.22. The van der Waals surface area contributed by atoms with Gasteiger partial charge in [-0.1, -0.05) is 0 Å². The number of carbonyl (C=O) groups excluding carboxylic acids is 1. The van der Waals surface area contributed by atoms with Crippen molar-refractivity contribution in [3.63, 3.8) is 0 Å². The van der Waals surface area contributed by atoms with Gasteiger partial charge in [0.15, 0.2) is 12.4 Å². The Bertz CT molecular complexity index is 765. The summed E-state index contributed by atoms with van der Waals surface area (Å²) in [5.41, 5.74) is 1.09. The maximum absolute atomic E-state index is 12.3. The van der Waals surface area contributed by atoms with Crippen molar-refractivity contribution in [3.05, 3.63) is 64.5 Å². The molecule has 0 saturated heterocycles. The molecule has 1 heterocycles. The topological polar surface area (TPSA) is 76.6 Å². The van der Waals surface area contributed by atoms with Gasteiger partial charge >= 0.3 is 5.97 Å². The van der Waals surface area contributed by atoms with E-state index in [1.807, 2.05) is 4.90 Å². The molecule has 0 atom stereocenters. The van der Waals surface area contributed by atoms with E-state index in [-0.39, 0.29) is 12.3 Å². The van der Waals surface area contributed by atoms with Gasteiger partial charge < -0.3 is 4.74 Å². The van der Waals surface area contributed by atoms with Crippen LogP contribution in [-0.2, 0) is 4.74 Å². The van der Waals surface area contributed by atoms with Crippen LogP contribution in [0.5, 0.6) is 0 Å². The minimum Gasteiger partial charge on any atom is -0.461 e. The molecule has 0 aliphatic rings. The number of pyridine rings is 1. The number of alkyl halides is 2. The normalized spacial score (nSPS) is 10.8. The van der Waals surface area contributed by atoms with E-state index in [9.17, 15) is 14.9 Å². The van der Waals surface area contributed by atoms with Crippen LogP contribution in [0.3, 0.4) is 0 Å². The number of halogens is 2. The van der Waals surface area contributed by atoms with E-state index in [2.05, 4.69) is 0 Å². The van der Waals surface area contributed by atoms with Gasteiger partial charge in [-0.2, -0.15) is 4.57 Å². The number of aromatic nitrogens is 1. The van der Waals surface area contributed by atoms with Gasteiger partial charge in [0.2, 0.25) is 5.69 Å². The minimum atomic E-state index is -0.458. The van der Waals surface area contributed by atoms with Crippen molar-refractivity contribution in [2.45, 2.75) is 0 Å². The molecule has 7 nitrogen and oxygen atoms in total. The van der Waals surface area contributed by atoms with E-state index in [4.69, 9.17) is 27.9 Å². The number of benzene rings is 1. The minimum absolute atomic E-state index is 0.00774. The molecule has 0 amide bonds. The summed E-state index contributed by atoms with van der Waals surface area (Å²) in [7, 11) is 0. The van der Waals surface area contributed by atoms with Gasteiger partial charge in [-0.15, -0.1) is 23.2 Å². The number of hydrogen-bond acceptors (Lipinski definition) is 5. The maximum Gasteiger partial charge on any atom is 0.344 e. The first-order valence-electron chi connectivity index (χ1n) is 8.32. The van der Waals surface area contributed by atoms with Crippen LogP contribution < -0.4 is 4.57 Å². The molecule has 1 aromatic carbocycles. The van der Waals surface area contributed by atoms with Gasteiger partial charge in [0.25, 0.3) is 5.69 Å². The first kappa shape index (κ1) is 21.1. The summed E-state index contributed by atoms with van der Waals surface area (Å²) in [5.74, 6) is 0.528. The molecular weight excluding hydrogens is 393 g/mol. The lowest BCUT2D eigenvalue weighted by molar-refractivity contribution is -0.596. The molecule has 0 aliphatic carbocycles. The van der Waals surface area contributed by atoms with Crippen molar-refractivity contribution in [3.8, 4) is 5.69 Å².